The van der Waals surface area contributed by atoms with Crippen LogP contribution < -0.4 is 9.47 Å². The first-order valence-corrected chi connectivity index (χ1v) is 11.4. The van der Waals surface area contributed by atoms with E-state index in [1.807, 2.05) is 0 Å². The fourth-order valence-corrected chi connectivity index (χ4v) is 3.88. The van der Waals surface area contributed by atoms with Crippen molar-refractivity contribution in [1.29, 1.82) is 0 Å². The Bertz CT molecular complexity index is 1470. The van der Waals surface area contributed by atoms with Crippen molar-refractivity contribution in [2.75, 3.05) is 19.7 Å². The molecule has 0 atom stereocenters. The maximum absolute atomic E-state index is 14.8. The zero-order valence-corrected chi connectivity index (χ0v) is 19.3. The second-order valence-electron chi connectivity index (χ2n) is 8.32. The van der Waals surface area contributed by atoms with Gasteiger partial charge in [-0.3, -0.25) is 9.59 Å². The fraction of sp³-hybridized carbons (Fsp3) is 0.240. The molecule has 10 nitrogen and oxygen atoms in total. The lowest BCUT2D eigenvalue weighted by atomic mass is 9.97. The van der Waals surface area contributed by atoms with Crippen molar-refractivity contribution in [2.24, 2.45) is 5.92 Å². The van der Waals surface area contributed by atoms with Crippen molar-refractivity contribution in [2.45, 2.75) is 12.8 Å². The molecule has 2 aromatic carbocycles. The van der Waals surface area contributed by atoms with Gasteiger partial charge in [-0.2, -0.15) is 4.98 Å². The number of hydrogen-bond acceptors (Lipinski definition) is 8. The average molecular weight is 510 g/mol. The molecule has 0 aliphatic carbocycles. The van der Waals surface area contributed by atoms with Gasteiger partial charge >= 0.3 is 12.0 Å². The van der Waals surface area contributed by atoms with E-state index in [0.717, 1.165) is 6.07 Å². The summed E-state index contributed by atoms with van der Waals surface area (Å²) in [6.45, 7) is 0.361. The minimum Gasteiger partial charge on any atom is -0.484 e. The van der Waals surface area contributed by atoms with Gasteiger partial charge in [0.25, 0.3) is 11.6 Å². The predicted molar refractivity (Wildman–Crippen MR) is 124 cm³/mol. The highest BCUT2D eigenvalue weighted by molar-refractivity contribution is 5.78. The molecule has 0 saturated carbocycles. The molecule has 5 rings (SSSR count). The second-order valence-corrected chi connectivity index (χ2v) is 8.32. The van der Waals surface area contributed by atoms with Crippen molar-refractivity contribution >= 4 is 23.1 Å². The molecule has 190 valence electrons. The lowest BCUT2D eigenvalue weighted by Gasteiger charge is -2.30. The molecule has 37 heavy (non-hydrogen) atoms. The zero-order valence-electron chi connectivity index (χ0n) is 19.3. The smallest absolute Gasteiger partial charge is 0.325 e. The van der Waals surface area contributed by atoms with E-state index >= 15 is 0 Å². The standard InChI is InChI=1S/C25H20F2N4O6/c26-17-3-1-2-4-20(17)36-25-28-12-19-23(30-25)37-22(29-19)16-6-5-15(11-18(16)27)35-13-21(32)31-9-7-14(8-10-31)24(33)34/h1-6,11-12,14H,7-10,13H2,(H,33,34). The minimum absolute atomic E-state index is 0.0216. The molecule has 1 N–H and O–H groups in total. The lowest BCUT2D eigenvalue weighted by Crippen LogP contribution is -2.42. The summed E-state index contributed by atoms with van der Waals surface area (Å²) in [5, 5.41) is 9.06. The Labute approximate surface area is 208 Å². The van der Waals surface area contributed by atoms with Gasteiger partial charge < -0.3 is 23.9 Å². The normalized spacial score (nSPS) is 14.1. The van der Waals surface area contributed by atoms with Gasteiger partial charge in [0.15, 0.2) is 18.2 Å². The Hall–Kier alpha value is -4.61. The monoisotopic (exact) mass is 510 g/mol. The number of rotatable bonds is 7. The van der Waals surface area contributed by atoms with E-state index in [1.54, 1.807) is 6.07 Å². The SMILES string of the molecule is O=C(O)C1CCN(C(=O)COc2ccc(-c3nc4cnc(Oc5ccccc5F)nc4o3)c(F)c2)CC1. The molecule has 0 unspecified atom stereocenters. The van der Waals surface area contributed by atoms with Crippen LogP contribution in [0.15, 0.2) is 53.1 Å². The number of carboxylic acid groups (broad SMARTS) is 1. The van der Waals surface area contributed by atoms with Gasteiger partial charge in [-0.25, -0.2) is 18.7 Å². The molecule has 2 aromatic heterocycles. The number of aliphatic carboxylic acids is 1. The third kappa shape index (κ3) is 5.32. The largest absolute Gasteiger partial charge is 0.484 e. The Morgan fingerprint density at radius 3 is 2.59 bits per heavy atom. The average Bonchev–Trinajstić information content (AvgIpc) is 3.32. The van der Waals surface area contributed by atoms with Crippen LogP contribution in [0.2, 0.25) is 0 Å². The highest BCUT2D eigenvalue weighted by Crippen LogP contribution is 2.29. The number of oxazole rings is 1. The van der Waals surface area contributed by atoms with Crippen molar-refractivity contribution in [3.63, 3.8) is 0 Å². The Kier molecular flexibility index (Phi) is 6.62. The van der Waals surface area contributed by atoms with E-state index in [-0.39, 0.29) is 52.7 Å². The van der Waals surface area contributed by atoms with E-state index in [0.29, 0.717) is 25.9 Å². The number of carboxylic acids is 1. The van der Waals surface area contributed by atoms with Crippen LogP contribution in [-0.4, -0.2) is 56.5 Å². The Morgan fingerprint density at radius 1 is 1.08 bits per heavy atom. The summed E-state index contributed by atoms with van der Waals surface area (Å²) in [4.78, 5) is 37.2. The number of ether oxygens (including phenoxy) is 2. The van der Waals surface area contributed by atoms with Crippen LogP contribution in [-0.2, 0) is 9.59 Å². The third-order valence-electron chi connectivity index (χ3n) is 5.90. The molecule has 3 heterocycles. The molecule has 1 fully saturated rings. The number of nitrogens with zero attached hydrogens (tertiary/aromatic N) is 4. The second kappa shape index (κ2) is 10.2. The number of benzene rings is 2. The molecule has 1 aliphatic heterocycles. The first-order chi connectivity index (χ1) is 17.9. The minimum atomic E-state index is -0.860. The number of likely N-dealkylation sites (tertiary alicyclic amines) is 1. The van der Waals surface area contributed by atoms with Crippen LogP contribution in [0.4, 0.5) is 8.78 Å². The third-order valence-corrected chi connectivity index (χ3v) is 5.90. The van der Waals surface area contributed by atoms with Gasteiger partial charge in [-0.05, 0) is 37.1 Å². The summed E-state index contributed by atoms with van der Waals surface area (Å²) in [7, 11) is 0. The van der Waals surface area contributed by atoms with Crippen LogP contribution in [0, 0.1) is 17.6 Å². The molecular weight excluding hydrogens is 490 g/mol. The summed E-state index contributed by atoms with van der Waals surface area (Å²) in [6.07, 6.45) is 2.08. The highest BCUT2D eigenvalue weighted by Gasteiger charge is 2.27. The number of fused-ring (bicyclic) bond motifs is 1. The quantitative estimate of drug-likeness (QED) is 0.391. The number of para-hydroxylation sites is 1. The molecular formula is C25H20F2N4O6. The summed E-state index contributed by atoms with van der Waals surface area (Å²) in [5.74, 6) is -2.89. The van der Waals surface area contributed by atoms with Crippen LogP contribution in [0.3, 0.4) is 0 Å². The van der Waals surface area contributed by atoms with E-state index in [1.165, 1.54) is 41.4 Å². The lowest BCUT2D eigenvalue weighted by molar-refractivity contribution is -0.146. The van der Waals surface area contributed by atoms with Gasteiger partial charge in [0.1, 0.15) is 17.1 Å². The number of hydrogen-bond donors (Lipinski definition) is 1. The number of carbonyl (C=O) groups is 2. The maximum Gasteiger partial charge on any atom is 0.325 e. The molecule has 4 aromatic rings. The van der Waals surface area contributed by atoms with Gasteiger partial charge in [0, 0.05) is 19.2 Å². The first-order valence-electron chi connectivity index (χ1n) is 11.4. The van der Waals surface area contributed by atoms with Crippen LogP contribution in [0.25, 0.3) is 22.7 Å². The molecule has 1 saturated heterocycles. The van der Waals surface area contributed by atoms with Crippen molar-refractivity contribution in [3.05, 3.63) is 60.3 Å². The molecule has 0 radical (unpaired) electrons. The van der Waals surface area contributed by atoms with Crippen molar-refractivity contribution in [3.8, 4) is 29.0 Å². The molecule has 1 amide bonds. The van der Waals surface area contributed by atoms with Gasteiger partial charge in [-0.1, -0.05) is 12.1 Å². The number of halogens is 2. The zero-order chi connectivity index (χ0) is 25.9. The number of amides is 1. The summed E-state index contributed by atoms with van der Waals surface area (Å²) in [5.41, 5.74) is 0.296. The molecule has 0 bridgehead atoms. The van der Waals surface area contributed by atoms with E-state index in [4.69, 9.17) is 19.0 Å². The highest BCUT2D eigenvalue weighted by atomic mass is 19.1. The molecule has 12 heteroatoms. The van der Waals surface area contributed by atoms with Crippen LogP contribution in [0.1, 0.15) is 12.8 Å². The number of carbonyl (C=O) groups excluding carboxylic acids is 1. The summed E-state index contributed by atoms with van der Waals surface area (Å²) in [6, 6.07) is 9.56. The predicted octanol–water partition coefficient (Wildman–Crippen LogP) is 4.06. The van der Waals surface area contributed by atoms with Crippen molar-refractivity contribution < 1.29 is 37.4 Å². The topological polar surface area (TPSA) is 128 Å². The number of piperidine rings is 1. The van der Waals surface area contributed by atoms with E-state index < -0.39 is 23.5 Å². The van der Waals surface area contributed by atoms with Crippen molar-refractivity contribution in [1.82, 2.24) is 19.9 Å². The fourth-order valence-electron chi connectivity index (χ4n) is 3.88. The first kappa shape index (κ1) is 24.1. The maximum atomic E-state index is 14.8. The summed E-state index contributed by atoms with van der Waals surface area (Å²) >= 11 is 0. The Morgan fingerprint density at radius 2 is 1.86 bits per heavy atom. The van der Waals surface area contributed by atoms with Gasteiger partial charge in [0.05, 0.1) is 17.7 Å². The van der Waals surface area contributed by atoms with Gasteiger partial charge in [0.2, 0.25) is 5.89 Å². The molecule has 1 aliphatic rings. The van der Waals surface area contributed by atoms with Crippen LogP contribution >= 0.6 is 0 Å². The van der Waals surface area contributed by atoms with Gasteiger partial charge in [-0.15, -0.1) is 0 Å². The van der Waals surface area contributed by atoms with E-state index in [9.17, 15) is 18.4 Å². The number of aromatic nitrogens is 3. The summed E-state index contributed by atoms with van der Waals surface area (Å²) < 4.78 is 45.0. The molecule has 0 spiro atoms. The van der Waals surface area contributed by atoms with E-state index in [2.05, 4.69) is 15.0 Å². The Balaban J connectivity index is 1.24. The van der Waals surface area contributed by atoms with Crippen LogP contribution in [0.5, 0.6) is 17.5 Å².